The van der Waals surface area contributed by atoms with Crippen LogP contribution in [0, 0.1) is 5.82 Å². The number of thiazole rings is 1. The second-order valence-electron chi connectivity index (χ2n) is 10.2. The van der Waals surface area contributed by atoms with Crippen LogP contribution in [0.5, 0.6) is 0 Å². The monoisotopic (exact) mass is 577 g/mol. The number of hydrogen-bond acceptors (Lipinski definition) is 9. The molecule has 0 radical (unpaired) electrons. The van der Waals surface area contributed by atoms with Crippen LogP contribution in [0.15, 0.2) is 30.5 Å². The SMILES string of the molecule is COC(=O)N[C@@H](C)CNc1nccc(-c2sc(C(C)(C)C)nc2-c2cccc(NS(=O)(=O)N3CCC3)c2F)n1. The van der Waals surface area contributed by atoms with E-state index < -0.39 is 22.1 Å². The van der Waals surface area contributed by atoms with E-state index in [9.17, 15) is 13.2 Å². The average molecular weight is 578 g/mol. The van der Waals surface area contributed by atoms with Crippen LogP contribution in [-0.2, 0) is 20.4 Å². The zero-order chi connectivity index (χ0) is 28.4. The fraction of sp³-hybridized carbons (Fsp3) is 0.440. The van der Waals surface area contributed by atoms with Crippen LogP contribution in [-0.4, -0.2) is 66.6 Å². The number of aromatic nitrogens is 3. The molecule has 4 rings (SSSR count). The minimum atomic E-state index is -3.84. The average Bonchev–Trinajstić information content (AvgIpc) is 3.28. The van der Waals surface area contributed by atoms with Crippen molar-refractivity contribution in [1.82, 2.24) is 24.6 Å². The molecular weight excluding hydrogens is 545 g/mol. The van der Waals surface area contributed by atoms with E-state index in [2.05, 4.69) is 30.1 Å². The number of hydrogen-bond donors (Lipinski definition) is 3. The van der Waals surface area contributed by atoms with Crippen molar-refractivity contribution in [3.05, 3.63) is 41.3 Å². The first-order valence-corrected chi connectivity index (χ1v) is 14.6. The molecule has 0 spiro atoms. The quantitative estimate of drug-likeness (QED) is 0.344. The van der Waals surface area contributed by atoms with Crippen LogP contribution in [0.1, 0.15) is 39.1 Å². The van der Waals surface area contributed by atoms with Gasteiger partial charge in [-0.1, -0.05) is 26.8 Å². The highest BCUT2D eigenvalue weighted by molar-refractivity contribution is 7.90. The van der Waals surface area contributed by atoms with Gasteiger partial charge in [-0.15, -0.1) is 11.3 Å². The largest absolute Gasteiger partial charge is 0.453 e. The Hall–Kier alpha value is -3.36. The number of halogens is 1. The summed E-state index contributed by atoms with van der Waals surface area (Å²) in [6, 6.07) is 6.01. The number of benzene rings is 1. The number of ether oxygens (including phenoxy) is 1. The molecule has 0 aliphatic carbocycles. The van der Waals surface area contributed by atoms with E-state index in [0.29, 0.717) is 41.8 Å². The van der Waals surface area contributed by atoms with Gasteiger partial charge in [-0.2, -0.15) is 12.7 Å². The summed E-state index contributed by atoms with van der Waals surface area (Å²) in [4.78, 5) is 25.7. The van der Waals surface area contributed by atoms with Crippen molar-refractivity contribution in [2.45, 2.75) is 45.6 Å². The summed E-state index contributed by atoms with van der Waals surface area (Å²) in [6.45, 7) is 8.99. The van der Waals surface area contributed by atoms with Crippen molar-refractivity contribution in [3.8, 4) is 21.8 Å². The molecule has 14 heteroatoms. The smallest absolute Gasteiger partial charge is 0.407 e. The molecule has 1 fully saturated rings. The minimum Gasteiger partial charge on any atom is -0.453 e. The predicted octanol–water partition coefficient (Wildman–Crippen LogP) is 4.22. The highest BCUT2D eigenvalue weighted by Crippen LogP contribution is 2.42. The lowest BCUT2D eigenvalue weighted by molar-refractivity contribution is 0.168. The number of nitrogens with zero attached hydrogens (tertiary/aromatic N) is 4. The van der Waals surface area contributed by atoms with E-state index in [0.717, 1.165) is 11.4 Å². The summed E-state index contributed by atoms with van der Waals surface area (Å²) in [5.74, 6) is -0.400. The van der Waals surface area contributed by atoms with Crippen LogP contribution in [0.4, 0.5) is 20.8 Å². The van der Waals surface area contributed by atoms with Gasteiger partial charge >= 0.3 is 16.3 Å². The summed E-state index contributed by atoms with van der Waals surface area (Å²) in [6.07, 6.45) is 1.81. The lowest BCUT2D eigenvalue weighted by Gasteiger charge is -2.29. The third-order valence-corrected chi connectivity index (χ3v) is 8.95. The Kier molecular flexibility index (Phi) is 8.37. The van der Waals surface area contributed by atoms with Crippen LogP contribution in [0.2, 0.25) is 0 Å². The number of carbonyl (C=O) groups is 1. The van der Waals surface area contributed by atoms with Crippen LogP contribution < -0.4 is 15.4 Å². The van der Waals surface area contributed by atoms with Gasteiger partial charge in [0.15, 0.2) is 5.82 Å². The Bertz CT molecular complexity index is 1450. The first kappa shape index (κ1) is 28.6. The Balaban J connectivity index is 1.69. The van der Waals surface area contributed by atoms with E-state index in [1.807, 2.05) is 20.8 Å². The standard InChI is InChI=1S/C25H32FN7O4S2/c1-15(29-24(34)37-5)14-28-23-27-11-10-18(30-23)21-20(31-22(38-21)25(2,3)4)16-8-6-9-17(19(16)26)32-39(35,36)33-12-7-13-33/h6,8-11,15,32H,7,12-14H2,1-5H3,(H,29,34)(H,27,28,30)/t15-/m0/s1. The molecule has 1 aliphatic rings. The van der Waals surface area contributed by atoms with E-state index in [1.165, 1.54) is 28.8 Å². The fourth-order valence-corrected chi connectivity index (χ4v) is 6.06. The van der Waals surface area contributed by atoms with Gasteiger partial charge in [0.1, 0.15) is 0 Å². The molecule has 3 N–H and O–H groups in total. The zero-order valence-corrected chi connectivity index (χ0v) is 24.0. The highest BCUT2D eigenvalue weighted by Gasteiger charge is 2.30. The molecule has 1 aliphatic heterocycles. The van der Waals surface area contributed by atoms with Gasteiger partial charge < -0.3 is 15.4 Å². The molecule has 0 bridgehead atoms. The maximum absolute atomic E-state index is 15.8. The number of methoxy groups -OCH3 is 1. The molecule has 1 saturated heterocycles. The molecule has 11 nitrogen and oxygen atoms in total. The molecule has 3 heterocycles. The first-order chi connectivity index (χ1) is 18.4. The van der Waals surface area contributed by atoms with Crippen molar-refractivity contribution < 1.29 is 22.3 Å². The molecule has 39 heavy (non-hydrogen) atoms. The van der Waals surface area contributed by atoms with Crippen molar-refractivity contribution in [2.75, 3.05) is 36.8 Å². The molecule has 210 valence electrons. The summed E-state index contributed by atoms with van der Waals surface area (Å²) >= 11 is 1.39. The highest BCUT2D eigenvalue weighted by atomic mass is 32.2. The van der Waals surface area contributed by atoms with Crippen LogP contribution in [0.25, 0.3) is 21.8 Å². The number of amides is 1. The maximum Gasteiger partial charge on any atom is 0.407 e. The first-order valence-electron chi connectivity index (χ1n) is 12.4. The third kappa shape index (κ3) is 6.62. The normalized spacial score (nSPS) is 14.8. The molecule has 3 aromatic rings. The summed E-state index contributed by atoms with van der Waals surface area (Å²) in [5.41, 5.74) is 0.568. The van der Waals surface area contributed by atoms with E-state index in [1.54, 1.807) is 31.3 Å². The van der Waals surface area contributed by atoms with Gasteiger partial charge in [-0.05, 0) is 31.5 Å². The second-order valence-corrected chi connectivity index (χ2v) is 12.8. The Morgan fingerprint density at radius 3 is 2.62 bits per heavy atom. The van der Waals surface area contributed by atoms with Gasteiger partial charge in [0.2, 0.25) is 5.95 Å². The summed E-state index contributed by atoms with van der Waals surface area (Å²) < 4.78 is 49.3. The predicted molar refractivity (Wildman–Crippen MR) is 149 cm³/mol. The third-order valence-electron chi connectivity index (χ3n) is 5.92. The number of nitrogens with one attached hydrogen (secondary N) is 3. The van der Waals surface area contributed by atoms with Crippen molar-refractivity contribution in [1.29, 1.82) is 0 Å². The number of alkyl carbamates (subject to hydrolysis) is 1. The Morgan fingerprint density at radius 1 is 1.23 bits per heavy atom. The number of rotatable bonds is 9. The van der Waals surface area contributed by atoms with Gasteiger partial charge in [-0.25, -0.2) is 24.1 Å². The van der Waals surface area contributed by atoms with E-state index in [-0.39, 0.29) is 22.7 Å². The van der Waals surface area contributed by atoms with Crippen molar-refractivity contribution >= 4 is 39.3 Å². The lowest BCUT2D eigenvalue weighted by Crippen LogP contribution is -2.45. The van der Waals surface area contributed by atoms with E-state index >= 15 is 4.39 Å². The van der Waals surface area contributed by atoms with Crippen LogP contribution in [0.3, 0.4) is 0 Å². The molecule has 1 aromatic carbocycles. The van der Waals surface area contributed by atoms with Gasteiger partial charge in [0, 0.05) is 42.9 Å². The molecule has 0 saturated carbocycles. The maximum atomic E-state index is 15.8. The molecular formula is C25H32FN7O4S2. The molecule has 0 unspecified atom stereocenters. The van der Waals surface area contributed by atoms with Gasteiger partial charge in [0.05, 0.1) is 34.1 Å². The van der Waals surface area contributed by atoms with Gasteiger partial charge in [0.25, 0.3) is 0 Å². The number of carbonyl (C=O) groups excluding carboxylic acids is 1. The van der Waals surface area contributed by atoms with Crippen molar-refractivity contribution in [2.24, 2.45) is 0 Å². The molecule has 2 aromatic heterocycles. The molecule has 1 amide bonds. The van der Waals surface area contributed by atoms with Gasteiger partial charge in [-0.3, -0.25) is 4.72 Å². The van der Waals surface area contributed by atoms with E-state index in [4.69, 9.17) is 4.98 Å². The van der Waals surface area contributed by atoms with Crippen LogP contribution >= 0.6 is 11.3 Å². The summed E-state index contributed by atoms with van der Waals surface area (Å²) in [5, 5.41) is 6.51. The lowest BCUT2D eigenvalue weighted by atomic mass is 9.98. The Morgan fingerprint density at radius 2 is 1.97 bits per heavy atom. The topological polar surface area (TPSA) is 138 Å². The molecule has 1 atom stereocenters. The summed E-state index contributed by atoms with van der Waals surface area (Å²) in [7, 11) is -2.55. The fourth-order valence-electron chi connectivity index (χ4n) is 3.65. The second kappa shape index (κ2) is 11.4. The van der Waals surface area contributed by atoms with Crippen molar-refractivity contribution in [3.63, 3.8) is 0 Å². The number of anilines is 2. The zero-order valence-electron chi connectivity index (χ0n) is 22.4. The Labute approximate surface area is 231 Å². The minimum absolute atomic E-state index is 0.146.